The average molecular weight is 462 g/mol. The Kier molecular flexibility index (Phi) is 6.24. The first-order chi connectivity index (χ1) is 16.1. The number of hydrogen-bond acceptors (Lipinski definition) is 4. The molecular formula is C26H25F2N5O. The largest absolute Gasteiger partial charge is 0.366 e. The van der Waals surface area contributed by atoms with Crippen LogP contribution in [0, 0.1) is 17.0 Å². The van der Waals surface area contributed by atoms with E-state index in [9.17, 15) is 13.6 Å². The number of benzene rings is 2. The minimum absolute atomic E-state index is 0.0398. The van der Waals surface area contributed by atoms with Crippen LogP contribution in [0.15, 0.2) is 67.0 Å². The summed E-state index contributed by atoms with van der Waals surface area (Å²) >= 11 is 0. The van der Waals surface area contributed by atoms with Crippen molar-refractivity contribution in [2.24, 2.45) is 11.1 Å². The molecule has 2 heterocycles. The van der Waals surface area contributed by atoms with Gasteiger partial charge in [-0.25, -0.2) is 18.4 Å². The van der Waals surface area contributed by atoms with Gasteiger partial charge >= 0.3 is 0 Å². The van der Waals surface area contributed by atoms with E-state index in [1.165, 1.54) is 6.20 Å². The van der Waals surface area contributed by atoms with Crippen molar-refractivity contribution in [3.8, 4) is 11.4 Å². The summed E-state index contributed by atoms with van der Waals surface area (Å²) in [6.45, 7) is 6.34. The number of primary amides is 1. The maximum atomic E-state index is 14.6. The molecule has 2 aromatic carbocycles. The van der Waals surface area contributed by atoms with E-state index in [0.29, 0.717) is 23.5 Å². The zero-order valence-electron chi connectivity index (χ0n) is 19.2. The number of aromatic nitrogens is 4. The highest BCUT2D eigenvalue weighted by Crippen LogP contribution is 2.41. The Morgan fingerprint density at radius 2 is 1.82 bits per heavy atom. The molecule has 1 atom stereocenters. The summed E-state index contributed by atoms with van der Waals surface area (Å²) in [5.41, 5.74) is 7.04. The fourth-order valence-electron chi connectivity index (χ4n) is 4.08. The fraction of sp³-hybridized carbons (Fsp3) is 0.231. The molecule has 34 heavy (non-hydrogen) atoms. The summed E-state index contributed by atoms with van der Waals surface area (Å²) in [4.78, 5) is 21.1. The molecule has 0 unspecified atom stereocenters. The first-order valence-electron chi connectivity index (χ1n) is 10.8. The Hall–Kier alpha value is -3.94. The van der Waals surface area contributed by atoms with Crippen LogP contribution < -0.4 is 5.73 Å². The van der Waals surface area contributed by atoms with Crippen LogP contribution in [0.25, 0.3) is 11.4 Å². The highest BCUT2D eigenvalue weighted by molar-refractivity contribution is 5.94. The second-order valence-corrected chi connectivity index (χ2v) is 9.19. The van der Waals surface area contributed by atoms with Gasteiger partial charge in [0.2, 0.25) is 5.91 Å². The van der Waals surface area contributed by atoms with Crippen LogP contribution in [0.2, 0.25) is 0 Å². The first kappa shape index (κ1) is 23.2. The van der Waals surface area contributed by atoms with E-state index >= 15 is 0 Å². The normalized spacial score (nSPS) is 12.5. The molecule has 0 aliphatic rings. The predicted molar refractivity (Wildman–Crippen MR) is 125 cm³/mol. The fourth-order valence-corrected chi connectivity index (χ4v) is 4.08. The van der Waals surface area contributed by atoms with Crippen molar-refractivity contribution in [1.82, 2.24) is 19.7 Å². The summed E-state index contributed by atoms with van der Waals surface area (Å²) in [7, 11) is 0. The number of pyridine rings is 1. The number of amides is 1. The first-order valence-corrected chi connectivity index (χ1v) is 10.8. The van der Waals surface area contributed by atoms with Gasteiger partial charge in [0.25, 0.3) is 0 Å². The summed E-state index contributed by atoms with van der Waals surface area (Å²) < 4.78 is 30.2. The number of nitrogens with zero attached hydrogens (tertiary/aromatic N) is 4. The molecule has 0 bridgehead atoms. The van der Waals surface area contributed by atoms with Gasteiger partial charge in [0.1, 0.15) is 17.5 Å². The number of carbonyl (C=O) groups is 1. The molecule has 8 heteroatoms. The number of hydrogen-bond donors (Lipinski definition) is 1. The number of carbonyl (C=O) groups excluding carboxylic acids is 1. The molecule has 0 radical (unpaired) electrons. The lowest BCUT2D eigenvalue weighted by Crippen LogP contribution is -2.27. The molecule has 4 aromatic rings. The lowest BCUT2D eigenvalue weighted by molar-refractivity contribution is 0.0998. The van der Waals surface area contributed by atoms with Crippen LogP contribution in [-0.4, -0.2) is 25.7 Å². The third-order valence-corrected chi connectivity index (χ3v) is 5.60. The molecule has 0 saturated heterocycles. The van der Waals surface area contributed by atoms with Crippen molar-refractivity contribution in [3.63, 3.8) is 0 Å². The van der Waals surface area contributed by atoms with E-state index in [1.807, 2.05) is 51.1 Å². The maximum absolute atomic E-state index is 14.6. The molecule has 1 amide bonds. The van der Waals surface area contributed by atoms with E-state index in [1.54, 1.807) is 16.9 Å². The summed E-state index contributed by atoms with van der Waals surface area (Å²) in [6.07, 6.45) is 3.10. The molecule has 0 aliphatic carbocycles. The third kappa shape index (κ3) is 4.71. The quantitative estimate of drug-likeness (QED) is 0.440. The van der Waals surface area contributed by atoms with Gasteiger partial charge in [0, 0.05) is 18.0 Å². The lowest BCUT2D eigenvalue weighted by atomic mass is 9.75. The number of rotatable bonds is 6. The van der Waals surface area contributed by atoms with Crippen molar-refractivity contribution < 1.29 is 13.6 Å². The van der Waals surface area contributed by atoms with Crippen molar-refractivity contribution in [2.75, 3.05) is 0 Å². The molecule has 6 nitrogen and oxygen atoms in total. The molecule has 2 aromatic heterocycles. The van der Waals surface area contributed by atoms with Gasteiger partial charge in [0.05, 0.1) is 18.0 Å². The summed E-state index contributed by atoms with van der Waals surface area (Å²) in [5.74, 6) is -1.72. The number of halogens is 2. The van der Waals surface area contributed by atoms with Gasteiger partial charge in [0.15, 0.2) is 5.82 Å². The Balaban J connectivity index is 1.96. The minimum atomic E-state index is -0.628. The van der Waals surface area contributed by atoms with Gasteiger partial charge in [-0.15, -0.1) is 0 Å². The van der Waals surface area contributed by atoms with Crippen LogP contribution in [0.1, 0.15) is 54.0 Å². The highest BCUT2D eigenvalue weighted by Gasteiger charge is 2.35. The van der Waals surface area contributed by atoms with E-state index in [2.05, 4.69) is 15.1 Å². The zero-order chi connectivity index (χ0) is 24.5. The van der Waals surface area contributed by atoms with E-state index in [4.69, 9.17) is 5.73 Å². The predicted octanol–water partition coefficient (Wildman–Crippen LogP) is 4.94. The zero-order valence-corrected chi connectivity index (χ0v) is 19.2. The van der Waals surface area contributed by atoms with E-state index in [0.717, 1.165) is 23.8 Å². The molecule has 0 aliphatic heterocycles. The number of nitrogens with two attached hydrogens (primary N) is 1. The molecule has 174 valence electrons. The lowest BCUT2D eigenvalue weighted by Gasteiger charge is -2.31. The van der Waals surface area contributed by atoms with Gasteiger partial charge in [-0.05, 0) is 40.8 Å². The van der Waals surface area contributed by atoms with Gasteiger partial charge in [-0.2, -0.15) is 5.10 Å². The van der Waals surface area contributed by atoms with Crippen molar-refractivity contribution in [1.29, 1.82) is 0 Å². The maximum Gasteiger partial charge on any atom is 0.249 e. The topological polar surface area (TPSA) is 86.7 Å². The third-order valence-electron chi connectivity index (χ3n) is 5.60. The Morgan fingerprint density at radius 3 is 2.50 bits per heavy atom. The Morgan fingerprint density at radius 1 is 1.09 bits per heavy atom. The van der Waals surface area contributed by atoms with Crippen LogP contribution in [0.4, 0.5) is 8.78 Å². The summed E-state index contributed by atoms with van der Waals surface area (Å²) in [5, 5.41) is 4.57. The second-order valence-electron chi connectivity index (χ2n) is 9.19. The summed E-state index contributed by atoms with van der Waals surface area (Å²) in [6, 6.07) is 14.4. The van der Waals surface area contributed by atoms with E-state index < -0.39 is 28.9 Å². The Labute approximate surface area is 196 Å². The van der Waals surface area contributed by atoms with Crippen LogP contribution in [-0.2, 0) is 6.54 Å². The molecule has 0 saturated carbocycles. The van der Waals surface area contributed by atoms with Crippen molar-refractivity contribution in [2.45, 2.75) is 33.2 Å². The molecule has 2 N–H and O–H groups in total. The van der Waals surface area contributed by atoms with Crippen LogP contribution >= 0.6 is 0 Å². The van der Waals surface area contributed by atoms with Crippen LogP contribution in [0.5, 0.6) is 0 Å². The minimum Gasteiger partial charge on any atom is -0.366 e. The van der Waals surface area contributed by atoms with E-state index in [-0.39, 0.29) is 11.4 Å². The van der Waals surface area contributed by atoms with Gasteiger partial charge < -0.3 is 5.73 Å². The molecule has 4 rings (SSSR count). The standard InChI is InChI=1S/C26H25F2N5O/c1-26(2,3)22(20-14-30-12-11-18(20)23(29)34)25-31-24(19-13-17(27)9-10-21(19)28)32-33(25)15-16-7-5-4-6-8-16/h4-14,22H,15H2,1-3H3,(H2,29,34)/t22-/m1/s1. The molecular weight excluding hydrogens is 436 g/mol. The smallest absolute Gasteiger partial charge is 0.249 e. The van der Waals surface area contributed by atoms with Crippen LogP contribution in [0.3, 0.4) is 0 Å². The monoisotopic (exact) mass is 461 g/mol. The average Bonchev–Trinajstić information content (AvgIpc) is 3.18. The van der Waals surface area contributed by atoms with Crippen molar-refractivity contribution in [3.05, 3.63) is 101 Å². The Bertz CT molecular complexity index is 1330. The van der Waals surface area contributed by atoms with Crippen molar-refractivity contribution >= 4 is 5.91 Å². The highest BCUT2D eigenvalue weighted by atomic mass is 19.1. The molecule has 0 spiro atoms. The van der Waals surface area contributed by atoms with Gasteiger partial charge in [-0.1, -0.05) is 51.1 Å². The second kappa shape index (κ2) is 9.13. The SMILES string of the molecule is CC(C)(C)[C@H](c1cnccc1C(N)=O)c1nc(-c2cc(F)ccc2F)nn1Cc1ccccc1. The molecule has 0 fully saturated rings. The van der Waals surface area contributed by atoms with Gasteiger partial charge in [-0.3, -0.25) is 9.78 Å².